The quantitative estimate of drug-likeness (QED) is 0.877. The van der Waals surface area contributed by atoms with Crippen LogP contribution >= 0.6 is 0 Å². The maximum Gasteiger partial charge on any atom is 0.250 e. The average Bonchev–Trinajstić information content (AvgIpc) is 2.36. The third-order valence-electron chi connectivity index (χ3n) is 2.40. The monoisotopic (exact) mass is 248 g/mol. The molecule has 18 heavy (non-hydrogen) atoms. The molecule has 2 rings (SSSR count). The van der Waals surface area contributed by atoms with Crippen LogP contribution in [-0.4, -0.2) is 5.91 Å². The molecule has 3 N–H and O–H groups in total. The van der Waals surface area contributed by atoms with Gasteiger partial charge in [0.2, 0.25) is 0 Å². The normalized spacial score (nSPS) is 10.1. The van der Waals surface area contributed by atoms with Crippen LogP contribution in [0.5, 0.6) is 0 Å². The van der Waals surface area contributed by atoms with Crippen LogP contribution in [0, 0.1) is 11.6 Å². The van der Waals surface area contributed by atoms with Crippen LogP contribution in [0.15, 0.2) is 42.5 Å². The highest BCUT2D eigenvalue weighted by atomic mass is 19.2. The Bertz CT molecular complexity index is 585. The Morgan fingerprint density at radius 1 is 1.06 bits per heavy atom. The minimum atomic E-state index is -1.13. The molecule has 92 valence electrons. The third-order valence-corrected chi connectivity index (χ3v) is 2.40. The van der Waals surface area contributed by atoms with Gasteiger partial charge in [0.15, 0.2) is 11.6 Å². The summed E-state index contributed by atoms with van der Waals surface area (Å²) in [4.78, 5) is 11.2. The van der Waals surface area contributed by atoms with Crippen LogP contribution in [0.2, 0.25) is 0 Å². The zero-order valence-electron chi connectivity index (χ0n) is 9.28. The topological polar surface area (TPSA) is 55.1 Å². The minimum absolute atomic E-state index is 0.0993. The number of nitrogens with one attached hydrogen (secondary N) is 1. The fraction of sp³-hybridized carbons (Fsp3) is 0. The zero-order chi connectivity index (χ0) is 13.1. The molecule has 2 aromatic carbocycles. The lowest BCUT2D eigenvalue weighted by Gasteiger charge is -2.11. The van der Waals surface area contributed by atoms with Crippen molar-refractivity contribution < 1.29 is 13.6 Å². The number of primary amides is 1. The number of nitrogens with two attached hydrogens (primary N) is 1. The van der Waals surface area contributed by atoms with E-state index in [0.717, 1.165) is 12.1 Å². The van der Waals surface area contributed by atoms with Crippen LogP contribution in [0.25, 0.3) is 0 Å². The Morgan fingerprint density at radius 3 is 2.33 bits per heavy atom. The second-order valence-corrected chi connectivity index (χ2v) is 3.64. The summed E-state index contributed by atoms with van der Waals surface area (Å²) in [6.07, 6.45) is 0. The van der Waals surface area contributed by atoms with Crippen LogP contribution < -0.4 is 11.1 Å². The van der Waals surface area contributed by atoms with E-state index in [2.05, 4.69) is 5.32 Å². The predicted molar refractivity (Wildman–Crippen MR) is 64.6 cm³/mol. The lowest BCUT2D eigenvalue weighted by Crippen LogP contribution is -2.15. The van der Waals surface area contributed by atoms with Crippen molar-refractivity contribution in [2.24, 2.45) is 5.73 Å². The van der Waals surface area contributed by atoms with Crippen molar-refractivity contribution in [1.29, 1.82) is 0 Å². The van der Waals surface area contributed by atoms with E-state index in [-0.39, 0.29) is 11.3 Å². The fourth-order valence-electron chi connectivity index (χ4n) is 1.54. The molecule has 5 heteroatoms. The number of halogens is 2. The van der Waals surface area contributed by atoms with Crippen molar-refractivity contribution in [3.8, 4) is 0 Å². The molecule has 0 heterocycles. The highest BCUT2D eigenvalue weighted by molar-refractivity contribution is 5.99. The van der Waals surface area contributed by atoms with Crippen LogP contribution in [0.4, 0.5) is 20.2 Å². The van der Waals surface area contributed by atoms with Crippen molar-refractivity contribution in [3.63, 3.8) is 0 Å². The second-order valence-electron chi connectivity index (χ2n) is 3.64. The summed E-state index contributed by atoms with van der Waals surface area (Å²) in [7, 11) is 0. The van der Waals surface area contributed by atoms with Crippen molar-refractivity contribution in [2.45, 2.75) is 0 Å². The van der Waals surface area contributed by atoms with E-state index in [1.54, 1.807) is 30.3 Å². The van der Waals surface area contributed by atoms with E-state index in [1.807, 2.05) is 0 Å². The summed E-state index contributed by atoms with van der Waals surface area (Å²) >= 11 is 0. The molecule has 0 saturated carbocycles. The molecule has 0 atom stereocenters. The second kappa shape index (κ2) is 4.83. The standard InChI is InChI=1S/C13H10F2N2O/c14-10-7-6-9(13(16)18)12(11(10)15)17-8-4-2-1-3-5-8/h1-7,17H,(H2,16,18). The number of para-hydroxylation sites is 1. The van der Waals surface area contributed by atoms with Gasteiger partial charge in [0.1, 0.15) is 0 Å². The SMILES string of the molecule is NC(=O)c1ccc(F)c(F)c1Nc1ccccc1. The molecule has 0 fully saturated rings. The van der Waals surface area contributed by atoms with Gasteiger partial charge in [-0.15, -0.1) is 0 Å². The molecule has 0 bridgehead atoms. The Kier molecular flexibility index (Phi) is 3.23. The van der Waals surface area contributed by atoms with Gasteiger partial charge in [-0.05, 0) is 24.3 Å². The van der Waals surface area contributed by atoms with Gasteiger partial charge in [-0.2, -0.15) is 0 Å². The molecule has 0 saturated heterocycles. The van der Waals surface area contributed by atoms with Gasteiger partial charge in [-0.3, -0.25) is 4.79 Å². The molecular weight excluding hydrogens is 238 g/mol. The molecule has 0 spiro atoms. The number of anilines is 2. The van der Waals surface area contributed by atoms with Crippen LogP contribution in [0.3, 0.4) is 0 Å². The molecule has 0 aliphatic heterocycles. The number of rotatable bonds is 3. The lowest BCUT2D eigenvalue weighted by atomic mass is 10.1. The van der Waals surface area contributed by atoms with Crippen LogP contribution in [0.1, 0.15) is 10.4 Å². The van der Waals surface area contributed by atoms with Gasteiger partial charge in [0, 0.05) is 5.69 Å². The van der Waals surface area contributed by atoms with E-state index in [0.29, 0.717) is 5.69 Å². The molecule has 0 aromatic heterocycles. The largest absolute Gasteiger partial charge is 0.366 e. The Labute approximate surface area is 102 Å². The van der Waals surface area contributed by atoms with Gasteiger partial charge in [0.05, 0.1) is 11.3 Å². The molecule has 0 aliphatic carbocycles. The summed E-state index contributed by atoms with van der Waals surface area (Å²) in [5.74, 6) is -3.00. The maximum atomic E-state index is 13.7. The molecule has 0 unspecified atom stereocenters. The average molecular weight is 248 g/mol. The molecular formula is C13H10F2N2O. The minimum Gasteiger partial charge on any atom is -0.366 e. The highest BCUT2D eigenvalue weighted by Crippen LogP contribution is 2.25. The molecule has 2 aromatic rings. The number of benzene rings is 2. The van der Waals surface area contributed by atoms with Crippen LogP contribution in [-0.2, 0) is 0 Å². The first-order chi connectivity index (χ1) is 8.59. The van der Waals surface area contributed by atoms with E-state index >= 15 is 0 Å². The molecule has 0 aliphatic rings. The Hall–Kier alpha value is -2.43. The third kappa shape index (κ3) is 2.29. The van der Waals surface area contributed by atoms with Gasteiger partial charge < -0.3 is 11.1 Å². The maximum absolute atomic E-state index is 13.7. The first-order valence-electron chi connectivity index (χ1n) is 5.19. The summed E-state index contributed by atoms with van der Waals surface area (Å²) in [6, 6.07) is 10.6. The number of hydrogen-bond acceptors (Lipinski definition) is 2. The van der Waals surface area contributed by atoms with Crippen molar-refractivity contribution in [2.75, 3.05) is 5.32 Å². The van der Waals surface area contributed by atoms with E-state index in [1.165, 1.54) is 0 Å². The van der Waals surface area contributed by atoms with E-state index in [4.69, 9.17) is 5.73 Å². The predicted octanol–water partition coefficient (Wildman–Crippen LogP) is 2.81. The Balaban J connectivity index is 2.48. The molecule has 0 radical (unpaired) electrons. The van der Waals surface area contributed by atoms with Gasteiger partial charge in [0.25, 0.3) is 5.91 Å². The summed E-state index contributed by atoms with van der Waals surface area (Å²) in [5, 5.41) is 2.65. The summed E-state index contributed by atoms with van der Waals surface area (Å²) in [6.45, 7) is 0. The number of carbonyl (C=O) groups excluding carboxylic acids is 1. The number of hydrogen-bond donors (Lipinski definition) is 2. The van der Waals surface area contributed by atoms with Crippen molar-refractivity contribution >= 4 is 17.3 Å². The zero-order valence-corrected chi connectivity index (χ0v) is 9.28. The molecule has 3 nitrogen and oxygen atoms in total. The van der Waals surface area contributed by atoms with Crippen molar-refractivity contribution in [3.05, 3.63) is 59.7 Å². The van der Waals surface area contributed by atoms with Gasteiger partial charge in [-0.1, -0.05) is 18.2 Å². The van der Waals surface area contributed by atoms with Gasteiger partial charge in [-0.25, -0.2) is 8.78 Å². The lowest BCUT2D eigenvalue weighted by molar-refractivity contribution is 0.100. The number of carbonyl (C=O) groups is 1. The smallest absolute Gasteiger partial charge is 0.250 e. The molecule has 1 amide bonds. The highest BCUT2D eigenvalue weighted by Gasteiger charge is 2.16. The van der Waals surface area contributed by atoms with Crippen molar-refractivity contribution in [1.82, 2.24) is 0 Å². The number of amides is 1. The summed E-state index contributed by atoms with van der Waals surface area (Å²) in [5.41, 5.74) is 5.30. The first kappa shape index (κ1) is 12.0. The Morgan fingerprint density at radius 2 is 1.72 bits per heavy atom. The van der Waals surface area contributed by atoms with E-state index in [9.17, 15) is 13.6 Å². The first-order valence-corrected chi connectivity index (χ1v) is 5.19. The van der Waals surface area contributed by atoms with Gasteiger partial charge >= 0.3 is 0 Å². The summed E-state index contributed by atoms with van der Waals surface area (Å²) < 4.78 is 26.8. The van der Waals surface area contributed by atoms with E-state index < -0.39 is 17.5 Å². The fourth-order valence-corrected chi connectivity index (χ4v) is 1.54.